The van der Waals surface area contributed by atoms with Gasteiger partial charge < -0.3 is 5.11 Å². The molecule has 5 rings (SSSR count). The number of fused-ring (bicyclic) bond motifs is 5. The summed E-state index contributed by atoms with van der Waals surface area (Å²) < 4.78 is 0. The monoisotopic (exact) mass is 338 g/mol. The van der Waals surface area contributed by atoms with E-state index in [2.05, 4.69) is 37.3 Å². The first-order chi connectivity index (χ1) is 12.1. The molecule has 2 unspecified atom stereocenters. The molecule has 4 saturated carbocycles. The predicted molar refractivity (Wildman–Crippen MR) is 102 cm³/mol. The zero-order valence-corrected chi connectivity index (χ0v) is 15.8. The van der Waals surface area contributed by atoms with Crippen LogP contribution in [-0.4, -0.2) is 5.11 Å². The van der Waals surface area contributed by atoms with E-state index < -0.39 is 5.60 Å². The molecule has 0 bridgehead atoms. The highest BCUT2D eigenvalue weighted by atomic mass is 16.3. The molecule has 0 radical (unpaired) electrons. The molecule has 0 spiro atoms. The minimum Gasteiger partial charge on any atom is -0.385 e. The van der Waals surface area contributed by atoms with Crippen molar-refractivity contribution in [2.75, 3.05) is 0 Å². The lowest BCUT2D eigenvalue weighted by molar-refractivity contribution is -0.158. The smallest absolute Gasteiger partial charge is 0.0929 e. The summed E-state index contributed by atoms with van der Waals surface area (Å²) in [5, 5.41) is 12.0. The van der Waals surface area contributed by atoms with Crippen LogP contribution < -0.4 is 0 Å². The van der Waals surface area contributed by atoms with Crippen molar-refractivity contribution in [3.05, 3.63) is 35.9 Å². The molecule has 136 valence electrons. The Labute approximate surface area is 153 Å². The summed E-state index contributed by atoms with van der Waals surface area (Å²) in [4.78, 5) is 0. The zero-order chi connectivity index (χ0) is 17.1. The van der Waals surface area contributed by atoms with Gasteiger partial charge in [-0.15, -0.1) is 0 Å². The summed E-state index contributed by atoms with van der Waals surface area (Å²) in [5.41, 5.74) is 1.25. The Balaban J connectivity index is 1.52. The molecule has 4 aliphatic carbocycles. The highest BCUT2D eigenvalue weighted by Gasteiger charge is 2.58. The molecule has 0 aliphatic heterocycles. The third-order valence-electron chi connectivity index (χ3n) is 9.07. The minimum absolute atomic E-state index is 0.507. The minimum atomic E-state index is -0.570. The van der Waals surface area contributed by atoms with Crippen LogP contribution in [0.3, 0.4) is 0 Å². The Morgan fingerprint density at radius 3 is 2.48 bits per heavy atom. The second-order valence-electron chi connectivity index (χ2n) is 10.1. The molecular weight excluding hydrogens is 304 g/mol. The van der Waals surface area contributed by atoms with Gasteiger partial charge in [-0.1, -0.05) is 43.7 Å². The van der Waals surface area contributed by atoms with E-state index in [0.29, 0.717) is 11.3 Å². The van der Waals surface area contributed by atoms with Crippen molar-refractivity contribution in [1.29, 1.82) is 0 Å². The molecule has 1 nitrogen and oxygen atoms in total. The fourth-order valence-corrected chi connectivity index (χ4v) is 8.04. The van der Waals surface area contributed by atoms with Crippen molar-refractivity contribution in [2.45, 2.75) is 76.7 Å². The fraction of sp³-hybridized carbons (Fsp3) is 0.750. The lowest BCUT2D eigenvalue weighted by Gasteiger charge is -2.59. The Hall–Kier alpha value is -0.820. The fourth-order valence-electron chi connectivity index (χ4n) is 8.04. The van der Waals surface area contributed by atoms with Gasteiger partial charge in [0.15, 0.2) is 0 Å². The summed E-state index contributed by atoms with van der Waals surface area (Å²) in [7, 11) is 0. The number of hydrogen-bond acceptors (Lipinski definition) is 1. The van der Waals surface area contributed by atoms with Crippen LogP contribution >= 0.6 is 0 Å². The maximum Gasteiger partial charge on any atom is 0.0929 e. The molecule has 4 aliphatic rings. The van der Waals surface area contributed by atoms with E-state index in [0.717, 1.165) is 30.1 Å². The lowest BCUT2D eigenvalue weighted by Crippen LogP contribution is -2.54. The van der Waals surface area contributed by atoms with Crippen LogP contribution in [0, 0.1) is 35.0 Å². The maximum absolute atomic E-state index is 12.0. The molecule has 1 aromatic rings. The van der Waals surface area contributed by atoms with Crippen LogP contribution in [-0.2, 0) is 5.60 Å². The van der Waals surface area contributed by atoms with E-state index >= 15 is 0 Å². The Morgan fingerprint density at radius 2 is 1.64 bits per heavy atom. The molecule has 4 fully saturated rings. The van der Waals surface area contributed by atoms with Crippen molar-refractivity contribution in [2.24, 2.45) is 35.0 Å². The molecule has 1 heteroatoms. The summed E-state index contributed by atoms with van der Waals surface area (Å²) in [6.45, 7) is 2.58. The topological polar surface area (TPSA) is 20.2 Å². The summed E-state index contributed by atoms with van der Waals surface area (Å²) in [6, 6.07) is 10.7. The quantitative estimate of drug-likeness (QED) is 0.674. The van der Waals surface area contributed by atoms with Crippen molar-refractivity contribution in [1.82, 2.24) is 0 Å². The van der Waals surface area contributed by atoms with Gasteiger partial charge in [0.05, 0.1) is 5.60 Å². The van der Waals surface area contributed by atoms with Crippen molar-refractivity contribution >= 4 is 0 Å². The molecule has 25 heavy (non-hydrogen) atoms. The van der Waals surface area contributed by atoms with E-state index in [-0.39, 0.29) is 0 Å². The van der Waals surface area contributed by atoms with Crippen LogP contribution in [0.5, 0.6) is 0 Å². The SMILES string of the molecule is C[C@@]12CCC[C@H]1[C@@H]1CCC3CCCC(O)(c4ccccc4)[C@@H]3[C@H]1CC2. The largest absolute Gasteiger partial charge is 0.385 e. The van der Waals surface area contributed by atoms with Gasteiger partial charge in [-0.25, -0.2) is 0 Å². The van der Waals surface area contributed by atoms with Crippen LogP contribution in [0.2, 0.25) is 0 Å². The second kappa shape index (κ2) is 5.84. The highest BCUT2D eigenvalue weighted by molar-refractivity contribution is 5.26. The third-order valence-corrected chi connectivity index (χ3v) is 9.07. The van der Waals surface area contributed by atoms with Crippen molar-refractivity contribution < 1.29 is 5.11 Å². The van der Waals surface area contributed by atoms with E-state index in [1.807, 2.05) is 0 Å². The van der Waals surface area contributed by atoms with Crippen LogP contribution in [0.25, 0.3) is 0 Å². The maximum atomic E-state index is 12.0. The first kappa shape index (κ1) is 16.4. The van der Waals surface area contributed by atoms with Crippen molar-refractivity contribution in [3.8, 4) is 0 Å². The van der Waals surface area contributed by atoms with Gasteiger partial charge in [0.1, 0.15) is 0 Å². The van der Waals surface area contributed by atoms with Gasteiger partial charge in [-0.2, -0.15) is 0 Å². The molecule has 0 heterocycles. The number of benzene rings is 1. The van der Waals surface area contributed by atoms with E-state index in [9.17, 15) is 5.11 Å². The van der Waals surface area contributed by atoms with E-state index in [1.165, 1.54) is 63.4 Å². The van der Waals surface area contributed by atoms with Crippen molar-refractivity contribution in [3.63, 3.8) is 0 Å². The summed E-state index contributed by atoms with van der Waals surface area (Å²) in [6.07, 6.45) is 13.5. The number of rotatable bonds is 1. The lowest BCUT2D eigenvalue weighted by atomic mass is 9.47. The molecule has 0 aromatic heterocycles. The third kappa shape index (κ3) is 2.37. The van der Waals surface area contributed by atoms with Gasteiger partial charge in [0.25, 0.3) is 0 Å². The molecule has 0 saturated heterocycles. The van der Waals surface area contributed by atoms with Crippen LogP contribution in [0.4, 0.5) is 0 Å². The average molecular weight is 339 g/mol. The van der Waals surface area contributed by atoms with Gasteiger partial charge in [-0.05, 0) is 98.4 Å². The summed E-state index contributed by atoms with van der Waals surface area (Å²) >= 11 is 0. The zero-order valence-electron chi connectivity index (χ0n) is 15.8. The predicted octanol–water partition coefficient (Wildman–Crippen LogP) is 5.92. The number of hydrogen-bond donors (Lipinski definition) is 1. The Bertz CT molecular complexity index is 624. The average Bonchev–Trinajstić information content (AvgIpc) is 3.04. The Kier molecular flexibility index (Phi) is 3.82. The van der Waals surface area contributed by atoms with Gasteiger partial charge >= 0.3 is 0 Å². The van der Waals surface area contributed by atoms with E-state index in [4.69, 9.17) is 0 Å². The highest BCUT2D eigenvalue weighted by Crippen LogP contribution is 2.64. The normalized spacial score (nSPS) is 49.1. The molecule has 1 aromatic carbocycles. The Morgan fingerprint density at radius 1 is 0.840 bits per heavy atom. The van der Waals surface area contributed by atoms with Crippen LogP contribution in [0.15, 0.2) is 30.3 Å². The molecule has 0 amide bonds. The first-order valence-electron chi connectivity index (χ1n) is 10.9. The standard InChI is InChI=1S/C24H34O/c1-23-14-6-10-21(23)19-12-11-17-7-5-15-24(25,18-8-3-2-4-9-18)22(17)20(19)13-16-23/h2-4,8-9,17,19-22,25H,5-7,10-16H2,1H3/t17?,19-,20+,21+,22+,23+,24?/m1/s1. The molecular formula is C24H34O. The molecule has 1 N–H and O–H groups in total. The van der Waals surface area contributed by atoms with Gasteiger partial charge in [0.2, 0.25) is 0 Å². The van der Waals surface area contributed by atoms with Gasteiger partial charge in [0, 0.05) is 0 Å². The first-order valence-corrected chi connectivity index (χ1v) is 10.9. The van der Waals surface area contributed by atoms with Crippen LogP contribution in [0.1, 0.15) is 76.7 Å². The summed E-state index contributed by atoms with van der Waals surface area (Å²) in [5.74, 6) is 3.85. The number of aliphatic hydroxyl groups is 1. The van der Waals surface area contributed by atoms with Gasteiger partial charge in [-0.3, -0.25) is 0 Å². The molecule has 7 atom stereocenters. The van der Waals surface area contributed by atoms with E-state index in [1.54, 1.807) is 0 Å². The second-order valence-corrected chi connectivity index (χ2v) is 10.1.